The normalized spacial score (nSPS) is 28.2. The maximum atomic E-state index is 13.1. The summed E-state index contributed by atoms with van der Waals surface area (Å²) in [7, 11) is 0. The number of hydrogen-bond donors (Lipinski definition) is 1. The molecule has 2 amide bonds. The summed E-state index contributed by atoms with van der Waals surface area (Å²) in [6, 6.07) is 1.26. The molecule has 0 bridgehead atoms. The molecule has 0 aromatic heterocycles. The summed E-state index contributed by atoms with van der Waals surface area (Å²) in [5.74, 6) is 0. The lowest BCUT2D eigenvalue weighted by Gasteiger charge is -2.46. The first-order valence-electron chi connectivity index (χ1n) is 9.07. The Labute approximate surface area is 128 Å². The van der Waals surface area contributed by atoms with E-state index >= 15 is 0 Å². The highest BCUT2D eigenvalue weighted by Gasteiger charge is 2.46. The topological polar surface area (TPSA) is 38.3 Å². The number of morpholine rings is 1. The second kappa shape index (κ2) is 7.10. The third-order valence-electron chi connectivity index (χ3n) is 5.88. The Morgan fingerprint density at radius 2 is 1.43 bits per heavy atom. The Hall–Kier alpha value is -0.610. The largest absolute Gasteiger partial charge is 0.417 e. The van der Waals surface area contributed by atoms with Crippen LogP contribution in [0, 0.1) is 0 Å². The van der Waals surface area contributed by atoms with E-state index in [4.69, 9.17) is 4.74 Å². The summed E-state index contributed by atoms with van der Waals surface area (Å²) in [5.41, 5.74) is 0. The van der Waals surface area contributed by atoms with Crippen LogP contribution in [0.5, 0.6) is 0 Å². The Morgan fingerprint density at radius 3 is 2.05 bits per heavy atom. The molecule has 0 unspecified atom stereocenters. The van der Waals surface area contributed by atoms with Crippen LogP contribution in [0.4, 0.5) is 4.79 Å². The van der Waals surface area contributed by atoms with Gasteiger partial charge in [-0.15, -0.1) is 0 Å². The second-order valence-corrected chi connectivity index (χ2v) is 7.17. The quantitative estimate of drug-likeness (QED) is 0.794. The maximum absolute atomic E-state index is 13.1. The first-order chi connectivity index (χ1) is 10.3. The lowest BCUT2D eigenvalue weighted by Crippen LogP contribution is -2.68. The van der Waals surface area contributed by atoms with Crippen molar-refractivity contribution in [3.63, 3.8) is 0 Å². The zero-order valence-electron chi connectivity index (χ0n) is 13.3. The van der Waals surface area contributed by atoms with Gasteiger partial charge in [-0.2, -0.15) is 0 Å². The van der Waals surface area contributed by atoms with Crippen molar-refractivity contribution < 1.29 is 14.0 Å². The minimum atomic E-state index is 0.303. The van der Waals surface area contributed by atoms with Gasteiger partial charge >= 0.3 is 6.03 Å². The van der Waals surface area contributed by atoms with Crippen LogP contribution >= 0.6 is 0 Å². The molecule has 1 N–H and O–H groups in total. The lowest BCUT2D eigenvalue weighted by molar-refractivity contribution is -0.885. The number of nitrogens with one attached hydrogen (secondary N) is 1. The number of amides is 2. The van der Waals surface area contributed by atoms with E-state index in [9.17, 15) is 4.79 Å². The molecule has 0 radical (unpaired) electrons. The molecule has 3 aliphatic rings. The van der Waals surface area contributed by atoms with E-state index in [1.54, 1.807) is 0 Å². The number of carbonyl (C=O) groups excluding carboxylic acids is 1. The molecule has 1 aliphatic heterocycles. The average molecular weight is 295 g/mol. The average Bonchev–Trinajstić information content (AvgIpc) is 2.57. The van der Waals surface area contributed by atoms with Gasteiger partial charge in [0.1, 0.15) is 13.1 Å². The number of urea groups is 1. The molecule has 1 saturated heterocycles. The summed E-state index contributed by atoms with van der Waals surface area (Å²) >= 11 is 0. The molecular weight excluding hydrogens is 264 g/mol. The number of rotatable bonds is 2. The fourth-order valence-corrected chi connectivity index (χ4v) is 4.53. The number of ether oxygens (including phenoxy) is 1. The molecule has 2 aliphatic carbocycles. The van der Waals surface area contributed by atoms with Gasteiger partial charge in [0.05, 0.1) is 19.3 Å². The molecule has 0 aromatic carbocycles. The first-order valence-corrected chi connectivity index (χ1v) is 9.07. The van der Waals surface area contributed by atoms with Crippen molar-refractivity contribution >= 4 is 6.03 Å². The summed E-state index contributed by atoms with van der Waals surface area (Å²) < 4.78 is 6.22. The Bertz CT molecular complexity index is 341. The molecule has 0 atom stereocenters. The summed E-state index contributed by atoms with van der Waals surface area (Å²) in [5, 5.41) is 3.40. The van der Waals surface area contributed by atoms with Crippen LogP contribution in [0.25, 0.3) is 0 Å². The molecule has 4 nitrogen and oxygen atoms in total. The summed E-state index contributed by atoms with van der Waals surface area (Å²) in [6.45, 7) is 3.25. The summed E-state index contributed by atoms with van der Waals surface area (Å²) in [6.07, 6.45) is 12.6. The van der Waals surface area contributed by atoms with Crippen molar-refractivity contribution in [3.05, 3.63) is 0 Å². The Balaban J connectivity index is 1.69. The molecule has 2 saturated carbocycles. The van der Waals surface area contributed by atoms with Gasteiger partial charge in [-0.25, -0.2) is 9.28 Å². The van der Waals surface area contributed by atoms with E-state index < -0.39 is 0 Å². The predicted octanol–water partition coefficient (Wildman–Crippen LogP) is 3.21. The molecule has 3 fully saturated rings. The van der Waals surface area contributed by atoms with E-state index in [2.05, 4.69) is 5.32 Å². The van der Waals surface area contributed by atoms with Crippen molar-refractivity contribution in [1.82, 2.24) is 5.32 Å². The van der Waals surface area contributed by atoms with Gasteiger partial charge in [0.15, 0.2) is 0 Å². The van der Waals surface area contributed by atoms with E-state index in [-0.39, 0.29) is 0 Å². The van der Waals surface area contributed by atoms with Crippen LogP contribution < -0.4 is 5.32 Å². The van der Waals surface area contributed by atoms with Gasteiger partial charge in [0, 0.05) is 6.04 Å². The third kappa shape index (κ3) is 3.42. The van der Waals surface area contributed by atoms with Crippen molar-refractivity contribution in [3.8, 4) is 0 Å². The second-order valence-electron chi connectivity index (χ2n) is 7.17. The van der Waals surface area contributed by atoms with Crippen LogP contribution in [0.15, 0.2) is 0 Å². The zero-order chi connectivity index (χ0) is 14.5. The zero-order valence-corrected chi connectivity index (χ0v) is 13.3. The van der Waals surface area contributed by atoms with E-state index in [1.807, 2.05) is 0 Å². The van der Waals surface area contributed by atoms with Gasteiger partial charge in [0.25, 0.3) is 0 Å². The molecule has 4 heteroatoms. The van der Waals surface area contributed by atoms with Crippen LogP contribution in [0.2, 0.25) is 0 Å². The fourth-order valence-electron chi connectivity index (χ4n) is 4.53. The smallest absolute Gasteiger partial charge is 0.370 e. The summed E-state index contributed by atoms with van der Waals surface area (Å²) in [4.78, 5) is 13.1. The minimum absolute atomic E-state index is 0.303. The Kier molecular flexibility index (Phi) is 5.17. The van der Waals surface area contributed by atoms with Gasteiger partial charge in [-0.05, 0) is 38.5 Å². The Morgan fingerprint density at radius 1 is 0.857 bits per heavy atom. The van der Waals surface area contributed by atoms with Crippen LogP contribution in [-0.2, 0) is 4.74 Å². The highest BCUT2D eigenvalue weighted by Crippen LogP contribution is 2.30. The number of quaternary nitrogens is 1. The number of carbonyl (C=O) groups is 1. The molecular formula is C17H31N2O2+. The first kappa shape index (κ1) is 15.3. The van der Waals surface area contributed by atoms with Gasteiger partial charge in [-0.1, -0.05) is 25.7 Å². The molecule has 3 rings (SSSR count). The van der Waals surface area contributed by atoms with Crippen LogP contribution in [-0.4, -0.2) is 48.9 Å². The molecule has 120 valence electrons. The third-order valence-corrected chi connectivity index (χ3v) is 5.88. The molecule has 0 aromatic rings. The van der Waals surface area contributed by atoms with E-state index in [1.165, 1.54) is 64.2 Å². The number of nitrogens with zero attached hydrogens (tertiary/aromatic N) is 1. The number of hydrogen-bond acceptors (Lipinski definition) is 2. The van der Waals surface area contributed by atoms with Crippen molar-refractivity contribution in [2.45, 2.75) is 76.3 Å². The molecule has 0 spiro atoms. The monoisotopic (exact) mass is 295 g/mol. The van der Waals surface area contributed by atoms with E-state index in [0.717, 1.165) is 26.3 Å². The maximum Gasteiger partial charge on any atom is 0.417 e. The van der Waals surface area contributed by atoms with Gasteiger partial charge < -0.3 is 10.1 Å². The van der Waals surface area contributed by atoms with Gasteiger partial charge in [0.2, 0.25) is 0 Å². The van der Waals surface area contributed by atoms with Crippen LogP contribution in [0.3, 0.4) is 0 Å². The van der Waals surface area contributed by atoms with Gasteiger partial charge in [-0.3, -0.25) is 0 Å². The van der Waals surface area contributed by atoms with Crippen molar-refractivity contribution in [1.29, 1.82) is 0 Å². The van der Waals surface area contributed by atoms with E-state index in [0.29, 0.717) is 22.6 Å². The molecule has 21 heavy (non-hydrogen) atoms. The minimum Gasteiger partial charge on any atom is -0.370 e. The predicted molar refractivity (Wildman–Crippen MR) is 83.1 cm³/mol. The lowest BCUT2D eigenvalue weighted by atomic mass is 9.91. The molecule has 1 heterocycles. The van der Waals surface area contributed by atoms with Crippen molar-refractivity contribution in [2.75, 3.05) is 26.3 Å². The van der Waals surface area contributed by atoms with Crippen LogP contribution in [0.1, 0.15) is 64.2 Å². The van der Waals surface area contributed by atoms with Crippen molar-refractivity contribution in [2.24, 2.45) is 0 Å². The highest BCUT2D eigenvalue weighted by atomic mass is 16.5. The SMILES string of the molecule is O=C(NC1CCCCC1)[N+]1(C2CCCCC2)CCOCC1. The fraction of sp³-hybridized carbons (Fsp3) is 0.941. The standard InChI is InChI=1S/C17H30N2O2/c20-17(18-15-7-3-1-4-8-15)19(11-13-21-14-12-19)16-9-5-2-6-10-16/h15-16H,1-14H2/p+1. The highest BCUT2D eigenvalue weighted by molar-refractivity contribution is 5.67.